The van der Waals surface area contributed by atoms with Crippen LogP contribution >= 0.6 is 0 Å². The molecule has 4 nitrogen and oxygen atoms in total. The van der Waals surface area contributed by atoms with E-state index in [1.165, 1.54) is 0 Å². The van der Waals surface area contributed by atoms with E-state index in [1.807, 2.05) is 38.1 Å². The Kier molecular flexibility index (Phi) is 5.01. The van der Waals surface area contributed by atoms with Crippen LogP contribution in [0.5, 0.6) is 0 Å². The van der Waals surface area contributed by atoms with Crippen molar-refractivity contribution >= 4 is 28.1 Å². The van der Waals surface area contributed by atoms with Gasteiger partial charge in [0.05, 0.1) is 5.57 Å². The molecular formula is C23H24O4. The van der Waals surface area contributed by atoms with Gasteiger partial charge in [-0.15, -0.1) is 0 Å². The fourth-order valence-electron chi connectivity index (χ4n) is 4.30. The molecular weight excluding hydrogens is 340 g/mol. The molecule has 0 aromatic heterocycles. The third-order valence-electron chi connectivity index (χ3n) is 5.63. The molecule has 0 radical (unpaired) electrons. The molecule has 0 fully saturated rings. The van der Waals surface area contributed by atoms with Gasteiger partial charge in [0.1, 0.15) is 5.76 Å². The lowest BCUT2D eigenvalue weighted by Crippen LogP contribution is -2.24. The minimum atomic E-state index is -0.305. The average Bonchev–Trinajstić information content (AvgIpc) is 2.61. The van der Waals surface area contributed by atoms with Crippen molar-refractivity contribution in [2.24, 2.45) is 0 Å². The largest absolute Gasteiger partial charge is 0.511 e. The number of hydrogen-bond acceptors (Lipinski definition) is 4. The number of Topliss-reactive ketones (excluding diaryl/α,β-unsaturated/α-hetero) is 3. The predicted octanol–water partition coefficient (Wildman–Crippen LogP) is 4.90. The first-order chi connectivity index (χ1) is 12.8. The van der Waals surface area contributed by atoms with Crippen molar-refractivity contribution in [2.45, 2.75) is 52.9 Å². The summed E-state index contributed by atoms with van der Waals surface area (Å²) in [6.45, 7) is 7.13. The quantitative estimate of drug-likeness (QED) is 0.619. The number of aliphatic hydroxyl groups is 1. The highest BCUT2D eigenvalue weighted by molar-refractivity contribution is 6.21. The van der Waals surface area contributed by atoms with Crippen LogP contribution in [0.4, 0.5) is 0 Å². The molecule has 140 valence electrons. The first kappa shape index (κ1) is 19.0. The van der Waals surface area contributed by atoms with E-state index in [9.17, 15) is 19.5 Å². The Morgan fingerprint density at radius 3 is 2.26 bits per heavy atom. The number of benzene rings is 2. The lowest BCUT2D eigenvalue weighted by atomic mass is 9.76. The zero-order chi connectivity index (χ0) is 19.9. The minimum Gasteiger partial charge on any atom is -0.511 e. The van der Waals surface area contributed by atoms with Gasteiger partial charge in [-0.25, -0.2) is 0 Å². The Balaban J connectivity index is 2.23. The molecule has 1 atom stereocenters. The van der Waals surface area contributed by atoms with Crippen molar-refractivity contribution < 1.29 is 19.5 Å². The van der Waals surface area contributed by atoms with Crippen molar-refractivity contribution in [1.82, 2.24) is 0 Å². The van der Waals surface area contributed by atoms with Gasteiger partial charge < -0.3 is 5.11 Å². The molecule has 2 aromatic rings. The second-order valence-corrected chi connectivity index (χ2v) is 7.27. The van der Waals surface area contributed by atoms with Crippen molar-refractivity contribution in [3.8, 4) is 0 Å². The van der Waals surface area contributed by atoms with Crippen LogP contribution in [0.25, 0.3) is 10.8 Å². The SMILES string of the molecule is CCC(=O)C1=C(O)CC(c2c(C)c(C)c(C(C)=O)c3ccccc23)CC1=O. The molecule has 0 saturated carbocycles. The van der Waals surface area contributed by atoms with E-state index >= 15 is 0 Å². The predicted molar refractivity (Wildman–Crippen MR) is 105 cm³/mol. The number of ketones is 3. The summed E-state index contributed by atoms with van der Waals surface area (Å²) < 4.78 is 0. The molecule has 1 N–H and O–H groups in total. The first-order valence-corrected chi connectivity index (χ1v) is 9.29. The van der Waals surface area contributed by atoms with Crippen LogP contribution in [0.1, 0.15) is 66.1 Å². The first-order valence-electron chi connectivity index (χ1n) is 9.29. The van der Waals surface area contributed by atoms with Crippen molar-refractivity contribution in [3.05, 3.63) is 57.9 Å². The highest BCUT2D eigenvalue weighted by Crippen LogP contribution is 2.41. The molecule has 27 heavy (non-hydrogen) atoms. The fourth-order valence-corrected chi connectivity index (χ4v) is 4.30. The summed E-state index contributed by atoms with van der Waals surface area (Å²) in [4.78, 5) is 36.8. The summed E-state index contributed by atoms with van der Waals surface area (Å²) in [6.07, 6.45) is 0.648. The monoisotopic (exact) mass is 364 g/mol. The van der Waals surface area contributed by atoms with E-state index in [0.29, 0.717) is 5.56 Å². The third kappa shape index (κ3) is 3.09. The maximum absolute atomic E-state index is 12.6. The van der Waals surface area contributed by atoms with E-state index in [2.05, 4.69) is 0 Å². The molecule has 1 aliphatic carbocycles. The summed E-state index contributed by atoms with van der Waals surface area (Å²) in [7, 11) is 0. The van der Waals surface area contributed by atoms with Crippen molar-refractivity contribution in [1.29, 1.82) is 0 Å². The van der Waals surface area contributed by atoms with Gasteiger partial charge in [-0.1, -0.05) is 31.2 Å². The van der Waals surface area contributed by atoms with Crippen LogP contribution in [0.3, 0.4) is 0 Å². The summed E-state index contributed by atoms with van der Waals surface area (Å²) in [6, 6.07) is 7.70. The number of allylic oxidation sites excluding steroid dienone is 2. The van der Waals surface area contributed by atoms with Gasteiger partial charge in [0.25, 0.3) is 0 Å². The molecule has 4 heteroatoms. The Labute approximate surface area is 158 Å². The maximum atomic E-state index is 12.6. The number of carbonyl (C=O) groups excluding carboxylic acids is 3. The Hall–Kier alpha value is -2.75. The Morgan fingerprint density at radius 1 is 1.07 bits per heavy atom. The van der Waals surface area contributed by atoms with Crippen LogP contribution < -0.4 is 0 Å². The molecule has 0 spiro atoms. The highest BCUT2D eigenvalue weighted by Gasteiger charge is 2.33. The fraction of sp³-hybridized carbons (Fsp3) is 0.348. The smallest absolute Gasteiger partial charge is 0.170 e. The number of hydrogen-bond donors (Lipinski definition) is 1. The molecule has 3 rings (SSSR count). The zero-order valence-corrected chi connectivity index (χ0v) is 16.2. The van der Waals surface area contributed by atoms with Gasteiger partial charge >= 0.3 is 0 Å². The topological polar surface area (TPSA) is 71.4 Å². The van der Waals surface area contributed by atoms with Gasteiger partial charge in [0.2, 0.25) is 0 Å². The molecule has 1 unspecified atom stereocenters. The number of aliphatic hydroxyl groups excluding tert-OH is 1. The molecule has 1 aliphatic rings. The van der Waals surface area contributed by atoms with Gasteiger partial charge in [0, 0.05) is 24.8 Å². The van der Waals surface area contributed by atoms with Crippen LogP contribution in [0.2, 0.25) is 0 Å². The van der Waals surface area contributed by atoms with Gasteiger partial charge in [-0.05, 0) is 54.2 Å². The average molecular weight is 364 g/mol. The normalized spacial score (nSPS) is 17.5. The zero-order valence-electron chi connectivity index (χ0n) is 16.2. The third-order valence-corrected chi connectivity index (χ3v) is 5.63. The van der Waals surface area contributed by atoms with Crippen LogP contribution in [-0.4, -0.2) is 22.5 Å². The lowest BCUT2D eigenvalue weighted by molar-refractivity contribution is -0.122. The van der Waals surface area contributed by atoms with Crippen LogP contribution in [0.15, 0.2) is 35.6 Å². The summed E-state index contributed by atoms with van der Waals surface area (Å²) in [5.41, 5.74) is 3.52. The summed E-state index contributed by atoms with van der Waals surface area (Å²) in [5, 5.41) is 12.2. The molecule has 0 bridgehead atoms. The molecule has 2 aromatic carbocycles. The second-order valence-electron chi connectivity index (χ2n) is 7.27. The van der Waals surface area contributed by atoms with Gasteiger partial charge in [-0.3, -0.25) is 14.4 Å². The van der Waals surface area contributed by atoms with Crippen molar-refractivity contribution in [2.75, 3.05) is 0 Å². The maximum Gasteiger partial charge on any atom is 0.170 e. The summed E-state index contributed by atoms with van der Waals surface area (Å²) in [5.74, 6) is -0.917. The lowest BCUT2D eigenvalue weighted by Gasteiger charge is -2.27. The Bertz CT molecular complexity index is 1010. The van der Waals surface area contributed by atoms with Crippen molar-refractivity contribution in [3.63, 3.8) is 0 Å². The second kappa shape index (κ2) is 7.10. The molecule has 0 aliphatic heterocycles. The highest BCUT2D eigenvalue weighted by atomic mass is 16.3. The standard InChI is InChI=1S/C23H24O4/c1-5-18(25)23-19(26)10-15(11-20(23)27)22-13(3)12(2)21(14(4)24)16-8-6-7-9-17(16)22/h6-9,15,26H,5,10-11H2,1-4H3. The van der Waals surface area contributed by atoms with Crippen LogP contribution in [0, 0.1) is 13.8 Å². The summed E-state index contributed by atoms with van der Waals surface area (Å²) >= 11 is 0. The number of rotatable bonds is 4. The minimum absolute atomic E-state index is 0.0108. The van der Waals surface area contributed by atoms with Gasteiger partial charge in [-0.2, -0.15) is 0 Å². The van der Waals surface area contributed by atoms with E-state index in [0.717, 1.165) is 27.5 Å². The van der Waals surface area contributed by atoms with E-state index in [4.69, 9.17) is 0 Å². The van der Waals surface area contributed by atoms with E-state index in [1.54, 1.807) is 13.8 Å². The molecule has 0 amide bonds. The van der Waals surface area contributed by atoms with E-state index < -0.39 is 0 Å². The van der Waals surface area contributed by atoms with Crippen LogP contribution in [-0.2, 0) is 9.59 Å². The Morgan fingerprint density at radius 2 is 1.70 bits per heavy atom. The van der Waals surface area contributed by atoms with E-state index in [-0.39, 0.29) is 53.9 Å². The van der Waals surface area contributed by atoms with Gasteiger partial charge in [0.15, 0.2) is 17.3 Å². The number of fused-ring (bicyclic) bond motifs is 1. The molecule has 0 saturated heterocycles. The molecule has 0 heterocycles. The number of carbonyl (C=O) groups is 3.